The molecule has 2 unspecified atom stereocenters. The lowest BCUT2D eigenvalue weighted by molar-refractivity contribution is 0.148. The Balaban J connectivity index is 1.42. The van der Waals surface area contributed by atoms with Gasteiger partial charge in [-0.1, -0.05) is 19.1 Å². The van der Waals surface area contributed by atoms with Gasteiger partial charge in [0.2, 0.25) is 6.79 Å². The van der Waals surface area contributed by atoms with Crippen molar-refractivity contribution in [2.45, 2.75) is 32.9 Å². The van der Waals surface area contributed by atoms with Crippen LogP contribution in [0.1, 0.15) is 25.0 Å². The van der Waals surface area contributed by atoms with Crippen molar-refractivity contribution in [1.82, 2.24) is 4.90 Å². The summed E-state index contributed by atoms with van der Waals surface area (Å²) in [6, 6.07) is 12.4. The van der Waals surface area contributed by atoms with Crippen LogP contribution in [0, 0.1) is 5.92 Å². The van der Waals surface area contributed by atoms with Crippen molar-refractivity contribution in [1.29, 1.82) is 0 Å². The van der Waals surface area contributed by atoms with E-state index in [2.05, 4.69) is 36.9 Å². The van der Waals surface area contributed by atoms with Gasteiger partial charge in [0, 0.05) is 31.3 Å². The molecule has 4 rings (SSSR count). The summed E-state index contributed by atoms with van der Waals surface area (Å²) in [7, 11) is 1.69. The second-order valence-corrected chi connectivity index (χ2v) is 7.59. The van der Waals surface area contributed by atoms with Crippen molar-refractivity contribution in [3.63, 3.8) is 0 Å². The molecular formula is C22H27NO4. The molecule has 2 aliphatic heterocycles. The fourth-order valence-electron chi connectivity index (χ4n) is 3.94. The van der Waals surface area contributed by atoms with Gasteiger partial charge in [-0.2, -0.15) is 0 Å². The lowest BCUT2D eigenvalue weighted by Crippen LogP contribution is -2.34. The molecule has 0 aliphatic carbocycles. The third-order valence-electron chi connectivity index (χ3n) is 5.10. The van der Waals surface area contributed by atoms with Crippen LogP contribution in [0.2, 0.25) is 0 Å². The number of hydrogen-bond donors (Lipinski definition) is 0. The molecule has 0 aromatic heterocycles. The smallest absolute Gasteiger partial charge is 0.231 e. The van der Waals surface area contributed by atoms with Crippen LogP contribution in [0.4, 0.5) is 0 Å². The summed E-state index contributed by atoms with van der Waals surface area (Å²) in [6.07, 6.45) is 1.16. The van der Waals surface area contributed by atoms with Crippen LogP contribution >= 0.6 is 0 Å². The first-order chi connectivity index (χ1) is 13.1. The minimum Gasteiger partial charge on any atom is -0.497 e. The molecule has 2 heterocycles. The molecule has 0 fully saturated rings. The summed E-state index contributed by atoms with van der Waals surface area (Å²) in [6.45, 7) is 7.59. The first kappa shape index (κ1) is 18.0. The molecule has 5 heteroatoms. The summed E-state index contributed by atoms with van der Waals surface area (Å²) in [5.74, 6) is 4.01. The topological polar surface area (TPSA) is 40.2 Å². The quantitative estimate of drug-likeness (QED) is 0.800. The minimum absolute atomic E-state index is 0.149. The molecule has 0 saturated heterocycles. The number of nitrogens with zero attached hydrogens (tertiary/aromatic N) is 1. The van der Waals surface area contributed by atoms with E-state index in [0.717, 1.165) is 49.1 Å². The summed E-state index contributed by atoms with van der Waals surface area (Å²) in [4.78, 5) is 2.49. The second kappa shape index (κ2) is 7.69. The lowest BCUT2D eigenvalue weighted by Gasteiger charge is -2.25. The molecule has 2 aromatic rings. The molecule has 2 atom stereocenters. The van der Waals surface area contributed by atoms with E-state index in [1.165, 1.54) is 11.1 Å². The van der Waals surface area contributed by atoms with Gasteiger partial charge in [0.25, 0.3) is 0 Å². The molecule has 0 bridgehead atoms. The molecule has 0 N–H and O–H groups in total. The molecule has 2 aromatic carbocycles. The standard InChI is InChI=1S/C22H27NO4/c1-15(8-17-4-7-20-22(9-17)26-14-25-20)11-23-12-16(2)27-21-10-19(24-3)6-5-18(21)13-23/h4-7,9-10,15-16H,8,11-14H2,1-3H3. The molecule has 0 amide bonds. The third kappa shape index (κ3) is 4.14. The zero-order valence-corrected chi connectivity index (χ0v) is 16.2. The second-order valence-electron chi connectivity index (χ2n) is 7.59. The zero-order valence-electron chi connectivity index (χ0n) is 16.2. The Morgan fingerprint density at radius 3 is 2.81 bits per heavy atom. The van der Waals surface area contributed by atoms with Crippen LogP contribution in [0.15, 0.2) is 36.4 Å². The fourth-order valence-corrected chi connectivity index (χ4v) is 3.94. The molecule has 0 radical (unpaired) electrons. The van der Waals surface area contributed by atoms with E-state index >= 15 is 0 Å². The summed E-state index contributed by atoms with van der Waals surface area (Å²) < 4.78 is 22.4. The SMILES string of the molecule is COc1ccc2c(c1)OC(C)CN(CC(C)Cc1ccc3c(c1)OCO3)C2. The van der Waals surface area contributed by atoms with Crippen molar-refractivity contribution >= 4 is 0 Å². The van der Waals surface area contributed by atoms with Crippen LogP contribution in [0.3, 0.4) is 0 Å². The van der Waals surface area contributed by atoms with Gasteiger partial charge >= 0.3 is 0 Å². The maximum atomic E-state index is 6.13. The summed E-state index contributed by atoms with van der Waals surface area (Å²) in [5.41, 5.74) is 2.51. The average Bonchev–Trinajstić information content (AvgIpc) is 3.04. The number of hydrogen-bond acceptors (Lipinski definition) is 5. The Hall–Kier alpha value is -2.40. The number of methoxy groups -OCH3 is 1. The van der Waals surface area contributed by atoms with E-state index in [-0.39, 0.29) is 6.10 Å². The maximum Gasteiger partial charge on any atom is 0.231 e. The Morgan fingerprint density at radius 2 is 1.96 bits per heavy atom. The lowest BCUT2D eigenvalue weighted by atomic mass is 9.99. The summed E-state index contributed by atoms with van der Waals surface area (Å²) >= 11 is 0. The number of fused-ring (bicyclic) bond motifs is 2. The highest BCUT2D eigenvalue weighted by molar-refractivity contribution is 5.44. The zero-order chi connectivity index (χ0) is 18.8. The number of rotatable bonds is 5. The van der Waals surface area contributed by atoms with Gasteiger partial charge in [-0.25, -0.2) is 0 Å². The van der Waals surface area contributed by atoms with Gasteiger partial charge in [-0.3, -0.25) is 4.90 Å². The highest BCUT2D eigenvalue weighted by Gasteiger charge is 2.22. The Kier molecular flexibility index (Phi) is 5.12. The summed E-state index contributed by atoms with van der Waals surface area (Å²) in [5, 5.41) is 0. The van der Waals surface area contributed by atoms with E-state index in [9.17, 15) is 0 Å². The van der Waals surface area contributed by atoms with E-state index in [0.29, 0.717) is 12.7 Å². The van der Waals surface area contributed by atoms with Crippen molar-refractivity contribution < 1.29 is 18.9 Å². The molecule has 0 saturated carbocycles. The molecular weight excluding hydrogens is 342 g/mol. The van der Waals surface area contributed by atoms with Crippen LogP contribution in [0.5, 0.6) is 23.0 Å². The Morgan fingerprint density at radius 1 is 1.11 bits per heavy atom. The average molecular weight is 369 g/mol. The van der Waals surface area contributed by atoms with Crippen molar-refractivity contribution in [2.75, 3.05) is 27.0 Å². The van der Waals surface area contributed by atoms with Crippen LogP contribution < -0.4 is 18.9 Å². The monoisotopic (exact) mass is 369 g/mol. The van der Waals surface area contributed by atoms with E-state index in [4.69, 9.17) is 18.9 Å². The normalized spacial score (nSPS) is 19.7. The molecule has 5 nitrogen and oxygen atoms in total. The first-order valence-corrected chi connectivity index (χ1v) is 9.55. The van der Waals surface area contributed by atoms with Crippen LogP contribution in [0.25, 0.3) is 0 Å². The molecule has 27 heavy (non-hydrogen) atoms. The van der Waals surface area contributed by atoms with Crippen molar-refractivity contribution in [2.24, 2.45) is 5.92 Å². The minimum atomic E-state index is 0.149. The first-order valence-electron chi connectivity index (χ1n) is 9.55. The van der Waals surface area contributed by atoms with Gasteiger partial charge in [-0.15, -0.1) is 0 Å². The molecule has 0 spiro atoms. The highest BCUT2D eigenvalue weighted by Crippen LogP contribution is 2.33. The van der Waals surface area contributed by atoms with E-state index in [1.54, 1.807) is 7.11 Å². The predicted octanol–water partition coefficient (Wildman–Crippen LogP) is 3.89. The largest absolute Gasteiger partial charge is 0.497 e. The van der Waals surface area contributed by atoms with Crippen LogP contribution in [-0.2, 0) is 13.0 Å². The van der Waals surface area contributed by atoms with E-state index in [1.807, 2.05) is 18.2 Å². The molecule has 144 valence electrons. The van der Waals surface area contributed by atoms with Gasteiger partial charge in [0.15, 0.2) is 11.5 Å². The Labute approximate surface area is 160 Å². The van der Waals surface area contributed by atoms with Crippen LogP contribution in [-0.4, -0.2) is 38.0 Å². The highest BCUT2D eigenvalue weighted by atomic mass is 16.7. The van der Waals surface area contributed by atoms with Gasteiger partial charge in [-0.05, 0) is 43.0 Å². The van der Waals surface area contributed by atoms with Crippen molar-refractivity contribution in [3.05, 3.63) is 47.5 Å². The van der Waals surface area contributed by atoms with Crippen molar-refractivity contribution in [3.8, 4) is 23.0 Å². The fraction of sp³-hybridized carbons (Fsp3) is 0.455. The predicted molar refractivity (Wildman–Crippen MR) is 104 cm³/mol. The third-order valence-corrected chi connectivity index (χ3v) is 5.10. The van der Waals surface area contributed by atoms with Gasteiger partial charge in [0.1, 0.15) is 17.6 Å². The van der Waals surface area contributed by atoms with Gasteiger partial charge in [0.05, 0.1) is 7.11 Å². The Bertz CT molecular complexity index is 807. The molecule has 2 aliphatic rings. The van der Waals surface area contributed by atoms with E-state index < -0.39 is 0 Å². The maximum absolute atomic E-state index is 6.13. The number of ether oxygens (including phenoxy) is 4. The number of benzene rings is 2. The van der Waals surface area contributed by atoms with Gasteiger partial charge < -0.3 is 18.9 Å².